The molecular weight excluding hydrogens is 266 g/mol. The lowest BCUT2D eigenvalue weighted by Gasteiger charge is -2.15. The van der Waals surface area contributed by atoms with Crippen molar-refractivity contribution in [3.05, 3.63) is 70.8 Å². The topological polar surface area (TPSA) is 66.4 Å². The van der Waals surface area contributed by atoms with E-state index >= 15 is 0 Å². The third-order valence-electron chi connectivity index (χ3n) is 3.29. The summed E-state index contributed by atoms with van der Waals surface area (Å²) in [6.45, 7) is 3.85. The molecule has 0 fully saturated rings. The van der Waals surface area contributed by atoms with Crippen LogP contribution in [-0.4, -0.2) is 17.0 Å². The molecule has 0 radical (unpaired) electrons. The van der Waals surface area contributed by atoms with E-state index in [4.69, 9.17) is 5.11 Å². The number of benzene rings is 2. The standard InChI is InChI=1S/C17H17NO3/c1-11-6-5-7-13(10-11)12(2)18-16(19)14-8-3-4-9-15(14)17(20)21/h3-10,12H,1-2H3,(H,18,19)(H,20,21)/t12-/m0/s1. The van der Waals surface area contributed by atoms with Crippen LogP contribution >= 0.6 is 0 Å². The number of hydrogen-bond acceptors (Lipinski definition) is 2. The van der Waals surface area contributed by atoms with Gasteiger partial charge in [-0.05, 0) is 31.5 Å². The van der Waals surface area contributed by atoms with E-state index in [1.54, 1.807) is 12.1 Å². The maximum absolute atomic E-state index is 12.3. The molecule has 1 atom stereocenters. The zero-order chi connectivity index (χ0) is 15.4. The van der Waals surface area contributed by atoms with Gasteiger partial charge in [0.05, 0.1) is 17.2 Å². The minimum absolute atomic E-state index is 0.00597. The molecule has 0 aliphatic rings. The lowest BCUT2D eigenvalue weighted by Crippen LogP contribution is -2.28. The summed E-state index contributed by atoms with van der Waals surface area (Å²) in [6, 6.07) is 13.8. The molecule has 21 heavy (non-hydrogen) atoms. The number of aromatic carboxylic acids is 1. The molecule has 2 aromatic rings. The highest BCUT2D eigenvalue weighted by Crippen LogP contribution is 2.16. The molecule has 0 heterocycles. The predicted octanol–water partition coefficient (Wildman–Crippen LogP) is 3.18. The molecule has 0 unspecified atom stereocenters. The van der Waals surface area contributed by atoms with Crippen molar-refractivity contribution in [1.82, 2.24) is 5.32 Å². The molecule has 108 valence electrons. The Bertz CT molecular complexity index is 679. The van der Waals surface area contributed by atoms with Crippen molar-refractivity contribution in [2.24, 2.45) is 0 Å². The lowest BCUT2D eigenvalue weighted by molar-refractivity contribution is 0.0690. The number of carbonyl (C=O) groups is 2. The summed E-state index contributed by atoms with van der Waals surface area (Å²) < 4.78 is 0. The Kier molecular flexibility index (Phi) is 4.38. The third-order valence-corrected chi connectivity index (χ3v) is 3.29. The largest absolute Gasteiger partial charge is 0.478 e. The Morgan fingerprint density at radius 1 is 1.05 bits per heavy atom. The van der Waals surface area contributed by atoms with Gasteiger partial charge in [0.2, 0.25) is 0 Å². The van der Waals surface area contributed by atoms with E-state index in [2.05, 4.69) is 5.32 Å². The van der Waals surface area contributed by atoms with Gasteiger partial charge in [-0.3, -0.25) is 4.79 Å². The summed E-state index contributed by atoms with van der Waals surface area (Å²) in [5, 5.41) is 12.0. The van der Waals surface area contributed by atoms with Crippen LogP contribution in [0.4, 0.5) is 0 Å². The van der Waals surface area contributed by atoms with Gasteiger partial charge >= 0.3 is 5.97 Å². The van der Waals surface area contributed by atoms with E-state index in [-0.39, 0.29) is 23.1 Å². The molecule has 0 bridgehead atoms. The number of carbonyl (C=O) groups excluding carboxylic acids is 1. The van der Waals surface area contributed by atoms with Crippen LogP contribution in [0.5, 0.6) is 0 Å². The van der Waals surface area contributed by atoms with Gasteiger partial charge in [-0.1, -0.05) is 42.0 Å². The van der Waals surface area contributed by atoms with Crippen LogP contribution in [0, 0.1) is 6.92 Å². The van der Waals surface area contributed by atoms with E-state index in [1.807, 2.05) is 38.1 Å². The minimum atomic E-state index is -1.11. The van der Waals surface area contributed by atoms with Crippen molar-refractivity contribution in [3.8, 4) is 0 Å². The molecule has 0 aliphatic heterocycles. The number of rotatable bonds is 4. The van der Waals surface area contributed by atoms with Crippen molar-refractivity contribution < 1.29 is 14.7 Å². The van der Waals surface area contributed by atoms with Crippen LogP contribution in [0.1, 0.15) is 44.8 Å². The minimum Gasteiger partial charge on any atom is -0.478 e. The van der Waals surface area contributed by atoms with Crippen LogP contribution in [0.3, 0.4) is 0 Å². The number of hydrogen-bond donors (Lipinski definition) is 2. The number of aryl methyl sites for hydroxylation is 1. The van der Waals surface area contributed by atoms with E-state index in [1.165, 1.54) is 12.1 Å². The summed E-state index contributed by atoms with van der Waals surface area (Å²) in [4.78, 5) is 23.4. The molecule has 0 spiro atoms. The van der Waals surface area contributed by atoms with Crippen LogP contribution in [0.15, 0.2) is 48.5 Å². The first-order valence-corrected chi connectivity index (χ1v) is 6.69. The van der Waals surface area contributed by atoms with Gasteiger partial charge in [0.15, 0.2) is 0 Å². The maximum Gasteiger partial charge on any atom is 0.336 e. The Hall–Kier alpha value is -2.62. The van der Waals surface area contributed by atoms with Gasteiger partial charge in [0.1, 0.15) is 0 Å². The molecule has 0 saturated carbocycles. The van der Waals surface area contributed by atoms with Crippen molar-refractivity contribution in [2.45, 2.75) is 19.9 Å². The van der Waals surface area contributed by atoms with Crippen molar-refractivity contribution >= 4 is 11.9 Å². The summed E-state index contributed by atoms with van der Waals surface area (Å²) in [6.07, 6.45) is 0. The second-order valence-electron chi connectivity index (χ2n) is 4.96. The fourth-order valence-corrected chi connectivity index (χ4v) is 2.16. The van der Waals surface area contributed by atoms with Crippen LogP contribution < -0.4 is 5.32 Å². The average Bonchev–Trinajstić information content (AvgIpc) is 2.47. The molecule has 2 N–H and O–H groups in total. The van der Waals surface area contributed by atoms with Gasteiger partial charge in [-0.2, -0.15) is 0 Å². The molecular formula is C17H17NO3. The highest BCUT2D eigenvalue weighted by Gasteiger charge is 2.17. The van der Waals surface area contributed by atoms with Crippen LogP contribution in [0.25, 0.3) is 0 Å². The Labute approximate surface area is 123 Å². The van der Waals surface area contributed by atoms with Crippen molar-refractivity contribution in [2.75, 3.05) is 0 Å². The van der Waals surface area contributed by atoms with Crippen molar-refractivity contribution in [3.63, 3.8) is 0 Å². The molecule has 0 aromatic heterocycles. The van der Waals surface area contributed by atoms with Gasteiger partial charge in [0, 0.05) is 0 Å². The highest BCUT2D eigenvalue weighted by molar-refractivity contribution is 6.04. The molecule has 2 rings (SSSR count). The summed E-state index contributed by atoms with van der Waals surface area (Å²) in [5.41, 5.74) is 2.27. The quantitative estimate of drug-likeness (QED) is 0.905. The number of nitrogens with one attached hydrogen (secondary N) is 1. The predicted molar refractivity (Wildman–Crippen MR) is 80.5 cm³/mol. The smallest absolute Gasteiger partial charge is 0.336 e. The first-order valence-electron chi connectivity index (χ1n) is 6.69. The van der Waals surface area contributed by atoms with E-state index < -0.39 is 5.97 Å². The van der Waals surface area contributed by atoms with Crippen LogP contribution in [-0.2, 0) is 0 Å². The zero-order valence-corrected chi connectivity index (χ0v) is 12.0. The van der Waals surface area contributed by atoms with Gasteiger partial charge in [-0.15, -0.1) is 0 Å². The van der Waals surface area contributed by atoms with Crippen LogP contribution in [0.2, 0.25) is 0 Å². The lowest BCUT2D eigenvalue weighted by atomic mass is 10.0. The normalized spacial score (nSPS) is 11.7. The highest BCUT2D eigenvalue weighted by atomic mass is 16.4. The van der Waals surface area contributed by atoms with E-state index in [0.717, 1.165) is 11.1 Å². The van der Waals surface area contributed by atoms with Gasteiger partial charge < -0.3 is 10.4 Å². The maximum atomic E-state index is 12.3. The molecule has 0 saturated heterocycles. The molecule has 1 amide bonds. The summed E-state index contributed by atoms with van der Waals surface area (Å²) in [5.74, 6) is -1.49. The SMILES string of the molecule is Cc1cccc([C@H](C)NC(=O)c2ccccc2C(=O)O)c1. The molecule has 4 heteroatoms. The Balaban J connectivity index is 2.20. The summed E-state index contributed by atoms with van der Waals surface area (Å²) in [7, 11) is 0. The first kappa shape index (κ1) is 14.8. The number of amides is 1. The third kappa shape index (κ3) is 3.48. The monoisotopic (exact) mass is 283 g/mol. The number of carboxylic acids is 1. The fraction of sp³-hybridized carbons (Fsp3) is 0.176. The Morgan fingerprint density at radius 3 is 2.33 bits per heavy atom. The first-order chi connectivity index (χ1) is 9.99. The molecule has 2 aromatic carbocycles. The number of carboxylic acid groups (broad SMARTS) is 1. The molecule has 0 aliphatic carbocycles. The summed E-state index contributed by atoms with van der Waals surface area (Å²) >= 11 is 0. The van der Waals surface area contributed by atoms with Gasteiger partial charge in [-0.25, -0.2) is 4.79 Å². The second-order valence-corrected chi connectivity index (χ2v) is 4.96. The molecule has 4 nitrogen and oxygen atoms in total. The van der Waals surface area contributed by atoms with Gasteiger partial charge in [0.25, 0.3) is 5.91 Å². The second kappa shape index (κ2) is 6.22. The Morgan fingerprint density at radius 2 is 1.71 bits per heavy atom. The average molecular weight is 283 g/mol. The van der Waals surface area contributed by atoms with E-state index in [9.17, 15) is 9.59 Å². The fourth-order valence-electron chi connectivity index (χ4n) is 2.16. The van der Waals surface area contributed by atoms with Crippen molar-refractivity contribution in [1.29, 1.82) is 0 Å². The van der Waals surface area contributed by atoms with E-state index in [0.29, 0.717) is 0 Å². The zero-order valence-electron chi connectivity index (χ0n) is 12.0.